The quantitative estimate of drug-likeness (QED) is 0.755. The number of anilines is 1. The fourth-order valence-corrected chi connectivity index (χ4v) is 1.97. The van der Waals surface area contributed by atoms with E-state index in [1.54, 1.807) is 0 Å². The van der Waals surface area contributed by atoms with Crippen LogP contribution in [-0.2, 0) is 0 Å². The van der Waals surface area contributed by atoms with E-state index in [9.17, 15) is 19.1 Å². The van der Waals surface area contributed by atoms with Crippen LogP contribution in [0.5, 0.6) is 5.75 Å². The first-order valence-corrected chi connectivity index (χ1v) is 6.32. The summed E-state index contributed by atoms with van der Waals surface area (Å²) in [5.74, 6) is -1.16. The monoisotopic (exact) mass is 299 g/mol. The molecule has 22 heavy (non-hydrogen) atoms. The van der Waals surface area contributed by atoms with Gasteiger partial charge in [-0.3, -0.25) is 14.0 Å². The number of nitrogens with zero attached hydrogens (tertiary/aromatic N) is 2. The number of hydrogen-bond donors (Lipinski definition) is 2. The average Bonchev–Trinajstić information content (AvgIpc) is 2.51. The molecule has 0 bridgehead atoms. The van der Waals surface area contributed by atoms with Gasteiger partial charge in [0.15, 0.2) is 11.4 Å². The fourth-order valence-electron chi connectivity index (χ4n) is 1.97. The van der Waals surface area contributed by atoms with E-state index in [-0.39, 0.29) is 22.6 Å². The van der Waals surface area contributed by atoms with Crippen molar-refractivity contribution < 1.29 is 14.3 Å². The van der Waals surface area contributed by atoms with Gasteiger partial charge in [0, 0.05) is 11.8 Å². The molecule has 0 saturated carbocycles. The number of carbonyl (C=O) groups excluding carboxylic acids is 1. The van der Waals surface area contributed by atoms with Crippen molar-refractivity contribution in [2.24, 2.45) is 0 Å². The molecular formula is C15H10FN3O3. The maximum Gasteiger partial charge on any atom is 0.281 e. The van der Waals surface area contributed by atoms with Crippen LogP contribution in [-0.4, -0.2) is 20.4 Å². The van der Waals surface area contributed by atoms with Crippen molar-refractivity contribution in [2.75, 3.05) is 5.32 Å². The number of hydrogen-bond acceptors (Lipinski definition) is 4. The van der Waals surface area contributed by atoms with Crippen LogP contribution in [0.2, 0.25) is 0 Å². The van der Waals surface area contributed by atoms with Crippen LogP contribution in [0.3, 0.4) is 0 Å². The zero-order valence-electron chi connectivity index (χ0n) is 11.2. The third-order valence-electron chi connectivity index (χ3n) is 3.07. The molecule has 7 heteroatoms. The van der Waals surface area contributed by atoms with Crippen LogP contribution in [0, 0.1) is 5.82 Å². The second-order valence-electron chi connectivity index (χ2n) is 4.53. The standard InChI is InChI=1S/C15H10FN3O3/c16-10-5-3-9(4-6-10)14(21)18-11-8-17-13-12(20)2-1-7-19(13)15(11)22/h1-8,20H,(H,18,21). The van der Waals surface area contributed by atoms with E-state index in [2.05, 4.69) is 10.3 Å². The highest BCUT2D eigenvalue weighted by molar-refractivity contribution is 6.04. The van der Waals surface area contributed by atoms with Crippen molar-refractivity contribution in [2.45, 2.75) is 0 Å². The summed E-state index contributed by atoms with van der Waals surface area (Å²) in [5.41, 5.74) is -0.275. The molecule has 6 nitrogen and oxygen atoms in total. The van der Waals surface area contributed by atoms with E-state index in [1.165, 1.54) is 36.7 Å². The lowest BCUT2D eigenvalue weighted by Crippen LogP contribution is -2.23. The largest absolute Gasteiger partial charge is 0.504 e. The molecule has 110 valence electrons. The second kappa shape index (κ2) is 5.28. The van der Waals surface area contributed by atoms with Crippen LogP contribution < -0.4 is 10.9 Å². The van der Waals surface area contributed by atoms with Gasteiger partial charge in [-0.15, -0.1) is 0 Å². The normalized spacial score (nSPS) is 10.6. The zero-order valence-corrected chi connectivity index (χ0v) is 11.2. The molecule has 0 radical (unpaired) electrons. The van der Waals surface area contributed by atoms with Crippen molar-refractivity contribution in [3.8, 4) is 5.75 Å². The summed E-state index contributed by atoms with van der Waals surface area (Å²) in [6, 6.07) is 7.80. The number of carbonyl (C=O) groups is 1. The Morgan fingerprint density at radius 2 is 1.95 bits per heavy atom. The van der Waals surface area contributed by atoms with E-state index in [0.29, 0.717) is 0 Å². The lowest BCUT2D eigenvalue weighted by molar-refractivity contribution is 0.102. The Hall–Kier alpha value is -3.22. The fraction of sp³-hybridized carbons (Fsp3) is 0. The Morgan fingerprint density at radius 1 is 1.23 bits per heavy atom. The highest BCUT2D eigenvalue weighted by Crippen LogP contribution is 2.14. The average molecular weight is 299 g/mol. The molecule has 1 amide bonds. The summed E-state index contributed by atoms with van der Waals surface area (Å²) >= 11 is 0. The predicted octanol–water partition coefficient (Wildman–Crippen LogP) is 1.79. The Labute approximate surface area is 123 Å². The molecule has 0 unspecified atom stereocenters. The van der Waals surface area contributed by atoms with Crippen LogP contribution in [0.15, 0.2) is 53.6 Å². The number of benzene rings is 1. The SMILES string of the molecule is O=C(Nc1cnc2c(O)cccn2c1=O)c1ccc(F)cc1. The molecule has 0 atom stereocenters. The Balaban J connectivity index is 1.97. The number of pyridine rings is 1. The molecular weight excluding hydrogens is 289 g/mol. The van der Waals surface area contributed by atoms with Gasteiger partial charge in [-0.1, -0.05) is 0 Å². The van der Waals surface area contributed by atoms with Gasteiger partial charge in [-0.25, -0.2) is 9.37 Å². The number of fused-ring (bicyclic) bond motifs is 1. The number of nitrogens with one attached hydrogen (secondary N) is 1. The minimum absolute atomic E-state index is 0.0441. The van der Waals surface area contributed by atoms with Crippen LogP contribution in [0.4, 0.5) is 10.1 Å². The Kier molecular flexibility index (Phi) is 3.30. The number of amides is 1. The van der Waals surface area contributed by atoms with Crippen LogP contribution in [0.25, 0.3) is 5.65 Å². The predicted molar refractivity (Wildman–Crippen MR) is 77.5 cm³/mol. The first kappa shape index (κ1) is 13.7. The van der Waals surface area contributed by atoms with Gasteiger partial charge < -0.3 is 10.4 Å². The van der Waals surface area contributed by atoms with Gasteiger partial charge >= 0.3 is 0 Å². The van der Waals surface area contributed by atoms with Gasteiger partial charge in [0.1, 0.15) is 11.5 Å². The third-order valence-corrected chi connectivity index (χ3v) is 3.07. The second-order valence-corrected chi connectivity index (χ2v) is 4.53. The lowest BCUT2D eigenvalue weighted by atomic mass is 10.2. The molecule has 1 aromatic carbocycles. The van der Waals surface area contributed by atoms with Gasteiger partial charge in [0.05, 0.1) is 6.20 Å². The summed E-state index contributed by atoms with van der Waals surface area (Å²) in [6.45, 7) is 0. The molecule has 0 fully saturated rings. The summed E-state index contributed by atoms with van der Waals surface area (Å²) in [5, 5.41) is 12.0. The highest BCUT2D eigenvalue weighted by atomic mass is 19.1. The summed E-state index contributed by atoms with van der Waals surface area (Å²) in [7, 11) is 0. The number of aromatic nitrogens is 2. The number of aromatic hydroxyl groups is 1. The summed E-state index contributed by atoms with van der Waals surface area (Å²) in [6.07, 6.45) is 2.59. The maximum atomic E-state index is 12.8. The van der Waals surface area contributed by atoms with Gasteiger partial charge in [-0.05, 0) is 36.4 Å². The number of rotatable bonds is 2. The van der Waals surface area contributed by atoms with Crippen molar-refractivity contribution >= 4 is 17.2 Å². The molecule has 0 saturated heterocycles. The Morgan fingerprint density at radius 3 is 2.68 bits per heavy atom. The molecule has 3 rings (SSSR count). The van der Waals surface area contributed by atoms with E-state index in [0.717, 1.165) is 16.5 Å². The molecule has 3 aromatic rings. The van der Waals surface area contributed by atoms with Crippen molar-refractivity contribution in [3.63, 3.8) is 0 Å². The number of halogens is 1. The molecule has 0 aliphatic rings. The minimum atomic E-state index is -0.556. The van der Waals surface area contributed by atoms with E-state index < -0.39 is 17.3 Å². The molecule has 0 spiro atoms. The van der Waals surface area contributed by atoms with E-state index in [1.807, 2.05) is 0 Å². The van der Waals surface area contributed by atoms with Crippen molar-refractivity contribution in [3.05, 3.63) is 70.5 Å². The molecule has 2 aromatic heterocycles. The highest BCUT2D eigenvalue weighted by Gasteiger charge is 2.11. The molecule has 0 aliphatic carbocycles. The van der Waals surface area contributed by atoms with E-state index in [4.69, 9.17) is 0 Å². The smallest absolute Gasteiger partial charge is 0.281 e. The summed E-state index contributed by atoms with van der Waals surface area (Å²) in [4.78, 5) is 28.2. The first-order valence-electron chi connectivity index (χ1n) is 6.32. The summed E-state index contributed by atoms with van der Waals surface area (Å²) < 4.78 is 14.0. The van der Waals surface area contributed by atoms with Crippen molar-refractivity contribution in [1.29, 1.82) is 0 Å². The van der Waals surface area contributed by atoms with Gasteiger partial charge in [0.25, 0.3) is 11.5 Å². The third kappa shape index (κ3) is 2.39. The van der Waals surface area contributed by atoms with Crippen LogP contribution in [0.1, 0.15) is 10.4 Å². The lowest BCUT2D eigenvalue weighted by Gasteiger charge is -2.07. The van der Waals surface area contributed by atoms with Gasteiger partial charge in [0.2, 0.25) is 0 Å². The molecule has 2 N–H and O–H groups in total. The minimum Gasteiger partial charge on any atom is -0.504 e. The van der Waals surface area contributed by atoms with E-state index >= 15 is 0 Å². The van der Waals surface area contributed by atoms with Crippen molar-refractivity contribution in [1.82, 2.24) is 9.38 Å². The maximum absolute atomic E-state index is 12.8. The first-order chi connectivity index (χ1) is 10.6. The topological polar surface area (TPSA) is 83.7 Å². The Bertz CT molecular complexity index is 919. The van der Waals surface area contributed by atoms with Crippen LogP contribution >= 0.6 is 0 Å². The zero-order chi connectivity index (χ0) is 15.7. The van der Waals surface area contributed by atoms with Gasteiger partial charge in [-0.2, -0.15) is 0 Å². The molecule has 2 heterocycles. The molecule has 0 aliphatic heterocycles.